The van der Waals surface area contributed by atoms with E-state index in [1.54, 1.807) is 7.11 Å². The topological polar surface area (TPSA) is 25.0 Å². The average Bonchev–Trinajstić information content (AvgIpc) is 2.83. The van der Waals surface area contributed by atoms with Gasteiger partial charge in [-0.05, 0) is 35.2 Å². The average molecular weight is 223 g/mol. The van der Waals surface area contributed by atoms with E-state index in [1.165, 1.54) is 16.3 Å². The molecule has 1 N–H and O–H groups in total. The molecule has 0 bridgehead atoms. The van der Waals surface area contributed by atoms with Gasteiger partial charge < -0.3 is 9.72 Å². The highest BCUT2D eigenvalue weighted by molar-refractivity contribution is 5.95. The third kappa shape index (κ3) is 1.68. The maximum atomic E-state index is 5.16. The Bertz CT molecular complexity index is 637. The Kier molecular flexibility index (Phi) is 2.33. The Morgan fingerprint density at radius 2 is 1.71 bits per heavy atom. The number of benzene rings is 2. The molecule has 0 unspecified atom stereocenters. The van der Waals surface area contributed by atoms with Crippen LogP contribution in [0.4, 0.5) is 0 Å². The van der Waals surface area contributed by atoms with Crippen molar-refractivity contribution in [3.05, 3.63) is 54.7 Å². The van der Waals surface area contributed by atoms with Crippen molar-refractivity contribution in [1.82, 2.24) is 4.98 Å². The summed E-state index contributed by atoms with van der Waals surface area (Å²) in [6.07, 6.45) is 2.04. The van der Waals surface area contributed by atoms with Gasteiger partial charge in [-0.3, -0.25) is 0 Å². The smallest absolute Gasteiger partial charge is 0.118 e. The molecule has 0 aliphatic carbocycles. The zero-order valence-electron chi connectivity index (χ0n) is 9.60. The van der Waals surface area contributed by atoms with Gasteiger partial charge in [-0.1, -0.05) is 24.3 Å². The molecule has 3 rings (SSSR count). The lowest BCUT2D eigenvalue weighted by Crippen LogP contribution is -1.83. The molecule has 2 nitrogen and oxygen atoms in total. The monoisotopic (exact) mass is 223 g/mol. The number of hydrogen-bond acceptors (Lipinski definition) is 1. The molecule has 1 aromatic heterocycles. The van der Waals surface area contributed by atoms with Crippen LogP contribution in [0.3, 0.4) is 0 Å². The minimum atomic E-state index is 0.879. The summed E-state index contributed by atoms with van der Waals surface area (Å²) in [6.45, 7) is 0. The summed E-state index contributed by atoms with van der Waals surface area (Å²) in [5.74, 6) is 0.879. The van der Waals surface area contributed by atoms with E-state index >= 15 is 0 Å². The third-order valence-electron chi connectivity index (χ3n) is 2.98. The summed E-state index contributed by atoms with van der Waals surface area (Å²) >= 11 is 0. The zero-order valence-corrected chi connectivity index (χ0v) is 9.60. The second-order valence-electron chi connectivity index (χ2n) is 3.98. The molecule has 1 heterocycles. The molecule has 0 aliphatic heterocycles. The fraction of sp³-hybridized carbons (Fsp3) is 0.0667. The summed E-state index contributed by atoms with van der Waals surface area (Å²) in [7, 11) is 1.68. The molecule has 2 aromatic carbocycles. The van der Waals surface area contributed by atoms with Gasteiger partial charge in [-0.25, -0.2) is 0 Å². The van der Waals surface area contributed by atoms with Gasteiger partial charge >= 0.3 is 0 Å². The van der Waals surface area contributed by atoms with Gasteiger partial charge in [0.2, 0.25) is 0 Å². The Morgan fingerprint density at radius 1 is 0.941 bits per heavy atom. The van der Waals surface area contributed by atoms with Crippen LogP contribution >= 0.6 is 0 Å². The van der Waals surface area contributed by atoms with E-state index in [9.17, 15) is 0 Å². The molecule has 0 saturated carbocycles. The lowest BCUT2D eigenvalue weighted by Gasteiger charge is -2.02. The molecule has 84 valence electrons. The maximum Gasteiger partial charge on any atom is 0.118 e. The Balaban J connectivity index is 2.13. The van der Waals surface area contributed by atoms with Crippen molar-refractivity contribution in [1.29, 1.82) is 0 Å². The molecule has 2 heteroatoms. The predicted octanol–water partition coefficient (Wildman–Crippen LogP) is 3.84. The Morgan fingerprint density at radius 3 is 2.47 bits per heavy atom. The molecular weight excluding hydrogens is 210 g/mol. The van der Waals surface area contributed by atoms with Crippen LogP contribution in [0.2, 0.25) is 0 Å². The molecule has 0 amide bonds. The first kappa shape index (κ1) is 9.97. The standard InChI is InChI=1S/C15H13NO/c1-17-13-8-6-11(7-9-13)15-14-5-3-2-4-12(14)10-16-15/h2-10,16H,1H3. The molecule has 17 heavy (non-hydrogen) atoms. The van der Waals surface area contributed by atoms with Gasteiger partial charge in [0, 0.05) is 11.6 Å². The molecular formula is C15H13NO. The number of aromatic amines is 1. The normalized spacial score (nSPS) is 10.6. The third-order valence-corrected chi connectivity index (χ3v) is 2.98. The van der Waals surface area contributed by atoms with E-state index in [2.05, 4.69) is 35.3 Å². The van der Waals surface area contributed by atoms with Crippen LogP contribution < -0.4 is 4.74 Å². The first-order chi connectivity index (χ1) is 8.38. The quantitative estimate of drug-likeness (QED) is 0.701. The number of aromatic nitrogens is 1. The van der Waals surface area contributed by atoms with Crippen LogP contribution in [0.15, 0.2) is 54.7 Å². The number of ether oxygens (including phenoxy) is 1. The van der Waals surface area contributed by atoms with Crippen molar-refractivity contribution in [3.63, 3.8) is 0 Å². The van der Waals surface area contributed by atoms with Crippen LogP contribution in [0.5, 0.6) is 5.75 Å². The van der Waals surface area contributed by atoms with Gasteiger partial charge in [0.05, 0.1) is 12.8 Å². The lowest BCUT2D eigenvalue weighted by atomic mass is 10.1. The van der Waals surface area contributed by atoms with E-state index in [-0.39, 0.29) is 0 Å². The van der Waals surface area contributed by atoms with Crippen LogP contribution in [0.25, 0.3) is 22.0 Å². The number of nitrogens with one attached hydrogen (secondary N) is 1. The van der Waals surface area contributed by atoms with E-state index in [4.69, 9.17) is 4.74 Å². The van der Waals surface area contributed by atoms with E-state index in [0.29, 0.717) is 0 Å². The van der Waals surface area contributed by atoms with Gasteiger partial charge in [0.15, 0.2) is 0 Å². The van der Waals surface area contributed by atoms with Crippen LogP contribution in [-0.4, -0.2) is 12.1 Å². The van der Waals surface area contributed by atoms with Crippen molar-refractivity contribution < 1.29 is 4.74 Å². The summed E-state index contributed by atoms with van der Waals surface area (Å²) < 4.78 is 5.16. The predicted molar refractivity (Wildman–Crippen MR) is 70.3 cm³/mol. The van der Waals surface area contributed by atoms with Crippen LogP contribution in [0, 0.1) is 0 Å². The summed E-state index contributed by atoms with van der Waals surface area (Å²) in [6, 6.07) is 16.4. The van der Waals surface area contributed by atoms with Gasteiger partial charge in [-0.2, -0.15) is 0 Å². The number of fused-ring (bicyclic) bond motifs is 1. The second-order valence-corrected chi connectivity index (χ2v) is 3.98. The van der Waals surface area contributed by atoms with Crippen LogP contribution in [0.1, 0.15) is 0 Å². The second kappa shape index (κ2) is 3.98. The van der Waals surface area contributed by atoms with Crippen molar-refractivity contribution in [3.8, 4) is 17.0 Å². The Labute approximate surface area is 99.9 Å². The van der Waals surface area contributed by atoms with Crippen molar-refractivity contribution in [2.24, 2.45) is 0 Å². The van der Waals surface area contributed by atoms with E-state index in [1.807, 2.05) is 24.4 Å². The molecule has 0 spiro atoms. The van der Waals surface area contributed by atoms with Crippen LogP contribution in [-0.2, 0) is 0 Å². The molecule has 0 aliphatic rings. The molecule has 0 saturated heterocycles. The fourth-order valence-electron chi connectivity index (χ4n) is 2.07. The number of hydrogen-bond donors (Lipinski definition) is 1. The maximum absolute atomic E-state index is 5.16. The minimum Gasteiger partial charge on any atom is -0.497 e. The first-order valence-electron chi connectivity index (χ1n) is 5.59. The van der Waals surface area contributed by atoms with Crippen molar-refractivity contribution in [2.45, 2.75) is 0 Å². The highest BCUT2D eigenvalue weighted by atomic mass is 16.5. The molecule has 0 radical (unpaired) electrons. The fourth-order valence-corrected chi connectivity index (χ4v) is 2.07. The minimum absolute atomic E-state index is 0.879. The zero-order chi connectivity index (χ0) is 11.7. The SMILES string of the molecule is COc1ccc(-c2[nH]cc3ccccc23)cc1. The molecule has 0 atom stereocenters. The van der Waals surface area contributed by atoms with Crippen molar-refractivity contribution in [2.75, 3.05) is 7.11 Å². The van der Waals surface area contributed by atoms with Gasteiger partial charge in [0.25, 0.3) is 0 Å². The summed E-state index contributed by atoms with van der Waals surface area (Å²) in [5, 5.41) is 2.48. The van der Waals surface area contributed by atoms with E-state index < -0.39 is 0 Å². The number of rotatable bonds is 2. The summed E-state index contributed by atoms with van der Waals surface area (Å²) in [4.78, 5) is 3.33. The van der Waals surface area contributed by atoms with Gasteiger partial charge in [-0.15, -0.1) is 0 Å². The number of methoxy groups -OCH3 is 1. The highest BCUT2D eigenvalue weighted by Gasteiger charge is 2.05. The van der Waals surface area contributed by atoms with Gasteiger partial charge in [0.1, 0.15) is 5.75 Å². The molecule has 0 fully saturated rings. The summed E-state index contributed by atoms with van der Waals surface area (Å²) in [5.41, 5.74) is 2.33. The largest absolute Gasteiger partial charge is 0.497 e. The highest BCUT2D eigenvalue weighted by Crippen LogP contribution is 2.28. The molecule has 3 aromatic rings. The van der Waals surface area contributed by atoms with Crippen molar-refractivity contribution >= 4 is 10.8 Å². The number of H-pyrrole nitrogens is 1. The van der Waals surface area contributed by atoms with E-state index in [0.717, 1.165) is 11.4 Å². The Hall–Kier alpha value is -2.22. The lowest BCUT2D eigenvalue weighted by molar-refractivity contribution is 0.415. The first-order valence-corrected chi connectivity index (χ1v) is 5.59.